The highest BCUT2D eigenvalue weighted by Crippen LogP contribution is 2.12. The molecule has 0 aliphatic heterocycles. The zero-order valence-corrected chi connectivity index (χ0v) is 18.9. The summed E-state index contributed by atoms with van der Waals surface area (Å²) in [5, 5.41) is 6.14. The number of nitrogen functional groups attached to an aromatic ring is 1. The Kier molecular flexibility index (Phi) is 14.7. The lowest BCUT2D eigenvalue weighted by atomic mass is 10.3. The molecule has 0 aliphatic rings. The average molecular weight is 495 g/mol. The predicted octanol–water partition coefficient (Wildman–Crippen LogP) is 7.45. The van der Waals surface area contributed by atoms with Crippen molar-refractivity contribution in [1.82, 2.24) is 0 Å². The zero-order chi connectivity index (χ0) is 20.9. The molecule has 0 aliphatic carbocycles. The van der Waals surface area contributed by atoms with Crippen LogP contribution in [0.1, 0.15) is 26.8 Å². The number of carbonyl (C=O) groups excluding carboxylic acids is 2. The van der Waals surface area contributed by atoms with Crippen molar-refractivity contribution in [1.29, 1.82) is 0 Å². The van der Waals surface area contributed by atoms with Gasteiger partial charge >= 0.3 is 0 Å². The predicted molar refractivity (Wildman–Crippen MR) is 138 cm³/mol. The Balaban J connectivity index is 0.000000457. The van der Waals surface area contributed by atoms with Crippen molar-refractivity contribution < 1.29 is 9.59 Å². The van der Waals surface area contributed by atoms with Crippen LogP contribution in [0.15, 0.2) is 95.7 Å². The second kappa shape index (κ2) is 16.1. The van der Waals surface area contributed by atoms with E-state index in [1.165, 1.54) is 22.7 Å². The summed E-state index contributed by atoms with van der Waals surface area (Å²) >= 11 is 7.90. The van der Waals surface area contributed by atoms with Gasteiger partial charge in [-0.05, 0) is 58.8 Å². The molecule has 4 rings (SSSR count). The highest BCUT2D eigenvalue weighted by molar-refractivity contribution is 7.14. The molecule has 4 nitrogen and oxygen atoms in total. The number of carbonyl (C=O) groups is 2. The van der Waals surface area contributed by atoms with Crippen molar-refractivity contribution in [2.24, 2.45) is 0 Å². The van der Waals surface area contributed by atoms with Gasteiger partial charge in [0.15, 0.2) is 0 Å². The maximum atomic E-state index is 11.6. The number of nitrogens with one attached hydrogen (secondary N) is 1. The summed E-state index contributed by atoms with van der Waals surface area (Å²) in [6.07, 6.45) is 0. The molecule has 4 aromatic rings. The monoisotopic (exact) mass is 494 g/mol. The molecule has 0 saturated heterocycles. The number of benzene rings is 2. The summed E-state index contributed by atoms with van der Waals surface area (Å²) < 4.78 is 0. The molecule has 31 heavy (non-hydrogen) atoms. The molecule has 0 unspecified atom stereocenters. The standard InChI is InChI=1S/C11H9NOS.C6H7N.C5H3ClOS.CH4.ClH/c13-11(10-7-4-8-14-10)12-9-5-2-1-3-6-9;7-6-4-2-1-3-5-6;6-5(7)4-2-1-3-8-4;;/h1-8H,(H,12,13);1-5H,7H2;1-3H;1H4;1H. The minimum atomic E-state index is -0.375. The summed E-state index contributed by atoms with van der Waals surface area (Å²) in [7, 11) is 0. The van der Waals surface area contributed by atoms with Gasteiger partial charge in [-0.25, -0.2) is 0 Å². The molecule has 2 aromatic heterocycles. The van der Waals surface area contributed by atoms with Crippen molar-refractivity contribution >= 4 is 69.2 Å². The summed E-state index contributed by atoms with van der Waals surface area (Å²) in [4.78, 5) is 23.2. The molecular formula is C23H24Cl2N2O2S2. The molecule has 1 amide bonds. The van der Waals surface area contributed by atoms with E-state index in [2.05, 4.69) is 5.32 Å². The third-order valence-electron chi connectivity index (χ3n) is 3.29. The maximum Gasteiger partial charge on any atom is 0.265 e. The molecule has 2 aromatic carbocycles. The van der Waals surface area contributed by atoms with Crippen LogP contribution in [0.3, 0.4) is 0 Å². The van der Waals surface area contributed by atoms with Crippen molar-refractivity contribution in [2.75, 3.05) is 11.1 Å². The summed E-state index contributed by atoms with van der Waals surface area (Å²) in [5.74, 6) is -0.0498. The average Bonchev–Trinajstić information content (AvgIpc) is 3.45. The molecule has 164 valence electrons. The van der Waals surface area contributed by atoms with E-state index in [0.29, 0.717) is 4.88 Å². The number of amides is 1. The largest absolute Gasteiger partial charge is 0.399 e. The Labute approximate surface area is 202 Å². The molecule has 0 saturated carbocycles. The molecular weight excluding hydrogens is 471 g/mol. The van der Waals surface area contributed by atoms with Gasteiger partial charge < -0.3 is 11.1 Å². The Hall–Kier alpha value is -2.64. The van der Waals surface area contributed by atoms with Gasteiger partial charge in [-0.2, -0.15) is 0 Å². The Morgan fingerprint density at radius 1 is 0.742 bits per heavy atom. The lowest BCUT2D eigenvalue weighted by molar-refractivity contribution is 0.102. The van der Waals surface area contributed by atoms with E-state index in [1.807, 2.05) is 83.6 Å². The minimum Gasteiger partial charge on any atom is -0.399 e. The van der Waals surface area contributed by atoms with Gasteiger partial charge in [0.2, 0.25) is 0 Å². The van der Waals surface area contributed by atoms with Crippen molar-refractivity contribution in [3.8, 4) is 0 Å². The third-order valence-corrected chi connectivity index (χ3v) is 5.34. The van der Waals surface area contributed by atoms with Gasteiger partial charge in [0.25, 0.3) is 11.1 Å². The fourth-order valence-electron chi connectivity index (χ4n) is 1.97. The van der Waals surface area contributed by atoms with E-state index in [9.17, 15) is 9.59 Å². The number of thiophene rings is 2. The topological polar surface area (TPSA) is 72.2 Å². The second-order valence-electron chi connectivity index (χ2n) is 5.46. The maximum absolute atomic E-state index is 11.6. The Morgan fingerprint density at radius 3 is 1.58 bits per heavy atom. The Morgan fingerprint density at radius 2 is 1.23 bits per heavy atom. The lowest BCUT2D eigenvalue weighted by Gasteiger charge is -2.01. The van der Waals surface area contributed by atoms with Crippen LogP contribution in [-0.4, -0.2) is 11.1 Å². The van der Waals surface area contributed by atoms with E-state index in [1.54, 1.807) is 12.1 Å². The molecule has 2 heterocycles. The first-order chi connectivity index (χ1) is 14.1. The van der Waals surface area contributed by atoms with Crippen LogP contribution >= 0.6 is 46.7 Å². The molecule has 0 fully saturated rings. The van der Waals surface area contributed by atoms with Crippen LogP contribution in [0.4, 0.5) is 11.4 Å². The van der Waals surface area contributed by atoms with E-state index >= 15 is 0 Å². The zero-order valence-electron chi connectivity index (χ0n) is 15.7. The van der Waals surface area contributed by atoms with Gasteiger partial charge in [-0.3, -0.25) is 9.59 Å². The molecule has 8 heteroatoms. The first-order valence-electron chi connectivity index (χ1n) is 8.50. The van der Waals surface area contributed by atoms with Gasteiger partial charge in [0.1, 0.15) is 0 Å². The van der Waals surface area contributed by atoms with Crippen molar-refractivity contribution in [3.63, 3.8) is 0 Å². The highest BCUT2D eigenvalue weighted by atomic mass is 35.5. The number of rotatable bonds is 3. The molecule has 0 bridgehead atoms. The minimum absolute atomic E-state index is 0. The van der Waals surface area contributed by atoms with Gasteiger partial charge in [-0.1, -0.05) is 56.0 Å². The number of hydrogen-bond acceptors (Lipinski definition) is 5. The fraction of sp³-hybridized carbons (Fsp3) is 0.0435. The van der Waals surface area contributed by atoms with Crippen LogP contribution in [-0.2, 0) is 0 Å². The third kappa shape index (κ3) is 11.4. The van der Waals surface area contributed by atoms with Crippen molar-refractivity contribution in [2.45, 2.75) is 7.43 Å². The quantitative estimate of drug-likeness (QED) is 0.229. The van der Waals surface area contributed by atoms with Crippen LogP contribution in [0.2, 0.25) is 0 Å². The van der Waals surface area contributed by atoms with Crippen LogP contribution in [0.25, 0.3) is 0 Å². The van der Waals surface area contributed by atoms with E-state index in [0.717, 1.165) is 16.3 Å². The van der Waals surface area contributed by atoms with Crippen molar-refractivity contribution in [3.05, 3.63) is 105 Å². The number of halogens is 2. The van der Waals surface area contributed by atoms with Gasteiger partial charge in [0.05, 0.1) is 9.75 Å². The number of anilines is 2. The smallest absolute Gasteiger partial charge is 0.265 e. The van der Waals surface area contributed by atoms with Crippen LogP contribution in [0.5, 0.6) is 0 Å². The Bertz CT molecular complexity index is 979. The first-order valence-corrected chi connectivity index (χ1v) is 10.6. The molecule has 0 atom stereocenters. The molecule has 0 radical (unpaired) electrons. The summed E-state index contributed by atoms with van der Waals surface area (Å²) in [5.41, 5.74) is 7.00. The normalized spacial score (nSPS) is 8.68. The van der Waals surface area contributed by atoms with E-state index in [-0.39, 0.29) is 31.0 Å². The lowest BCUT2D eigenvalue weighted by Crippen LogP contribution is -2.09. The van der Waals surface area contributed by atoms with Gasteiger partial charge in [-0.15, -0.1) is 35.1 Å². The number of para-hydroxylation sites is 2. The highest BCUT2D eigenvalue weighted by Gasteiger charge is 2.05. The van der Waals surface area contributed by atoms with Crippen LogP contribution in [0, 0.1) is 0 Å². The van der Waals surface area contributed by atoms with Gasteiger partial charge in [0, 0.05) is 11.4 Å². The summed E-state index contributed by atoms with van der Waals surface area (Å²) in [6, 6.07) is 26.1. The molecule has 3 N–H and O–H groups in total. The molecule has 0 spiro atoms. The second-order valence-corrected chi connectivity index (χ2v) is 7.70. The van der Waals surface area contributed by atoms with Crippen LogP contribution < -0.4 is 11.1 Å². The van der Waals surface area contributed by atoms with E-state index < -0.39 is 0 Å². The number of nitrogens with two attached hydrogens (primary N) is 1. The fourth-order valence-corrected chi connectivity index (χ4v) is 3.33. The van der Waals surface area contributed by atoms with E-state index in [4.69, 9.17) is 17.3 Å². The first kappa shape index (κ1) is 28.4. The SMILES string of the molecule is C.Cl.Nc1ccccc1.O=C(Cl)c1cccs1.O=C(Nc1ccccc1)c1cccs1. The summed E-state index contributed by atoms with van der Waals surface area (Å²) in [6.45, 7) is 0. The number of hydrogen-bond donors (Lipinski definition) is 2.